The van der Waals surface area contributed by atoms with Crippen LogP contribution in [0.2, 0.25) is 0 Å². The Kier molecular flexibility index (Phi) is 5.55. The summed E-state index contributed by atoms with van der Waals surface area (Å²) in [6.07, 6.45) is 6.29. The minimum Gasteiger partial charge on any atom is -0.377 e. The maximum atomic E-state index is 5.44. The van der Waals surface area contributed by atoms with Crippen molar-refractivity contribution in [1.82, 2.24) is 9.97 Å². The van der Waals surface area contributed by atoms with Crippen molar-refractivity contribution in [2.45, 2.75) is 51.7 Å². The molecule has 0 atom stereocenters. The molecule has 0 spiro atoms. The SMILES string of the molecule is CCC1CCC(Nc2cc(NN)nc(COC)n2)CC1. The van der Waals surface area contributed by atoms with E-state index in [4.69, 9.17) is 10.6 Å². The Morgan fingerprint density at radius 1 is 1.25 bits per heavy atom. The third kappa shape index (κ3) is 4.05. The van der Waals surface area contributed by atoms with Crippen LogP contribution in [0.15, 0.2) is 6.07 Å². The molecule has 6 nitrogen and oxygen atoms in total. The summed E-state index contributed by atoms with van der Waals surface area (Å²) in [6, 6.07) is 2.33. The number of hydrazine groups is 1. The number of nitrogens with two attached hydrogens (primary N) is 1. The first kappa shape index (κ1) is 15.0. The van der Waals surface area contributed by atoms with Gasteiger partial charge in [0.25, 0.3) is 0 Å². The van der Waals surface area contributed by atoms with Gasteiger partial charge < -0.3 is 15.5 Å². The minimum absolute atomic E-state index is 0.382. The lowest BCUT2D eigenvalue weighted by atomic mass is 9.84. The second-order valence-corrected chi connectivity index (χ2v) is 5.40. The van der Waals surface area contributed by atoms with Crippen molar-refractivity contribution in [1.29, 1.82) is 0 Å². The van der Waals surface area contributed by atoms with Gasteiger partial charge in [-0.3, -0.25) is 0 Å². The molecule has 112 valence electrons. The summed E-state index contributed by atoms with van der Waals surface area (Å²) in [4.78, 5) is 8.71. The van der Waals surface area contributed by atoms with Crippen molar-refractivity contribution in [2.75, 3.05) is 17.9 Å². The van der Waals surface area contributed by atoms with Crippen LogP contribution in [0, 0.1) is 5.92 Å². The fourth-order valence-corrected chi connectivity index (χ4v) is 2.76. The zero-order valence-electron chi connectivity index (χ0n) is 12.4. The van der Waals surface area contributed by atoms with Gasteiger partial charge in [0, 0.05) is 19.2 Å². The molecule has 1 aromatic rings. The maximum absolute atomic E-state index is 5.44. The van der Waals surface area contributed by atoms with E-state index >= 15 is 0 Å². The number of nitrogens with zero attached hydrogens (tertiary/aromatic N) is 2. The van der Waals surface area contributed by atoms with Crippen LogP contribution in [0.5, 0.6) is 0 Å². The molecule has 0 aromatic carbocycles. The molecule has 0 radical (unpaired) electrons. The van der Waals surface area contributed by atoms with Gasteiger partial charge in [0.2, 0.25) is 0 Å². The molecule has 1 aliphatic carbocycles. The first-order valence-electron chi connectivity index (χ1n) is 7.35. The van der Waals surface area contributed by atoms with E-state index in [1.807, 2.05) is 6.07 Å². The average molecular weight is 279 g/mol. The summed E-state index contributed by atoms with van der Waals surface area (Å²) in [7, 11) is 1.63. The topological polar surface area (TPSA) is 85.1 Å². The van der Waals surface area contributed by atoms with Gasteiger partial charge in [0.15, 0.2) is 5.82 Å². The standard InChI is InChI=1S/C14H25N5O/c1-3-10-4-6-11(7-5-10)16-12-8-13(19-15)18-14(17-12)9-20-2/h8,10-11H,3-7,9,15H2,1-2H3,(H2,16,17,18,19). The fourth-order valence-electron chi connectivity index (χ4n) is 2.76. The van der Waals surface area contributed by atoms with Gasteiger partial charge in [0.1, 0.15) is 18.2 Å². The lowest BCUT2D eigenvalue weighted by Crippen LogP contribution is -2.26. The Morgan fingerprint density at radius 2 is 1.95 bits per heavy atom. The van der Waals surface area contributed by atoms with Gasteiger partial charge in [-0.1, -0.05) is 13.3 Å². The van der Waals surface area contributed by atoms with E-state index in [0.29, 0.717) is 24.3 Å². The van der Waals surface area contributed by atoms with E-state index in [2.05, 4.69) is 27.6 Å². The lowest BCUT2D eigenvalue weighted by Gasteiger charge is -2.28. The predicted molar refractivity (Wildman–Crippen MR) is 80.2 cm³/mol. The Hall–Kier alpha value is -1.40. The van der Waals surface area contributed by atoms with Crippen LogP contribution in [0.3, 0.4) is 0 Å². The molecule has 0 amide bonds. The number of ether oxygens (including phenoxy) is 1. The van der Waals surface area contributed by atoms with Crippen molar-refractivity contribution in [2.24, 2.45) is 11.8 Å². The molecule has 0 bridgehead atoms. The summed E-state index contributed by atoms with van der Waals surface area (Å²) < 4.78 is 5.08. The van der Waals surface area contributed by atoms with E-state index in [1.165, 1.54) is 32.1 Å². The summed E-state index contributed by atoms with van der Waals surface area (Å²) in [6.45, 7) is 2.66. The van der Waals surface area contributed by atoms with Crippen LogP contribution >= 0.6 is 0 Å². The third-order valence-corrected chi connectivity index (χ3v) is 3.97. The van der Waals surface area contributed by atoms with Gasteiger partial charge in [-0.05, 0) is 31.6 Å². The van der Waals surface area contributed by atoms with Crippen molar-refractivity contribution in [3.8, 4) is 0 Å². The highest BCUT2D eigenvalue weighted by Crippen LogP contribution is 2.28. The number of methoxy groups -OCH3 is 1. The van der Waals surface area contributed by atoms with Crippen molar-refractivity contribution in [3.05, 3.63) is 11.9 Å². The number of aromatic nitrogens is 2. The normalized spacial score (nSPS) is 22.6. The number of hydrogen-bond acceptors (Lipinski definition) is 6. The Balaban J connectivity index is 1.99. The first-order chi connectivity index (χ1) is 9.75. The van der Waals surface area contributed by atoms with Crippen molar-refractivity contribution < 1.29 is 4.74 Å². The molecule has 1 aliphatic rings. The largest absolute Gasteiger partial charge is 0.377 e. The second kappa shape index (κ2) is 7.40. The Bertz CT molecular complexity index is 418. The Morgan fingerprint density at radius 3 is 2.55 bits per heavy atom. The molecule has 0 aliphatic heterocycles. The van der Waals surface area contributed by atoms with Gasteiger partial charge in [-0.2, -0.15) is 0 Å². The van der Waals surface area contributed by atoms with Crippen molar-refractivity contribution >= 4 is 11.6 Å². The average Bonchev–Trinajstić information content (AvgIpc) is 2.48. The number of rotatable bonds is 6. The molecule has 0 saturated heterocycles. The monoisotopic (exact) mass is 279 g/mol. The van der Waals surface area contributed by atoms with Crippen LogP contribution in [0.1, 0.15) is 44.9 Å². The fraction of sp³-hybridized carbons (Fsp3) is 0.714. The smallest absolute Gasteiger partial charge is 0.158 e. The molecule has 1 heterocycles. The summed E-state index contributed by atoms with van der Waals surface area (Å²) >= 11 is 0. The van der Waals surface area contributed by atoms with Crippen LogP contribution in [0.25, 0.3) is 0 Å². The molecule has 1 fully saturated rings. The summed E-state index contributed by atoms with van der Waals surface area (Å²) in [5.74, 6) is 8.40. The highest BCUT2D eigenvalue weighted by molar-refractivity contribution is 5.47. The molecule has 20 heavy (non-hydrogen) atoms. The summed E-state index contributed by atoms with van der Waals surface area (Å²) in [5.41, 5.74) is 2.57. The van der Waals surface area contributed by atoms with E-state index in [1.54, 1.807) is 7.11 Å². The zero-order chi connectivity index (χ0) is 14.4. The molecule has 2 rings (SSSR count). The van der Waals surface area contributed by atoms with Gasteiger partial charge >= 0.3 is 0 Å². The molecule has 6 heteroatoms. The molecule has 0 unspecified atom stereocenters. The molecule has 1 saturated carbocycles. The maximum Gasteiger partial charge on any atom is 0.158 e. The van der Waals surface area contributed by atoms with E-state index in [0.717, 1.165) is 11.7 Å². The van der Waals surface area contributed by atoms with E-state index < -0.39 is 0 Å². The van der Waals surface area contributed by atoms with Gasteiger partial charge in [-0.25, -0.2) is 15.8 Å². The third-order valence-electron chi connectivity index (χ3n) is 3.97. The number of anilines is 2. The zero-order valence-corrected chi connectivity index (χ0v) is 12.4. The van der Waals surface area contributed by atoms with Gasteiger partial charge in [0.05, 0.1) is 0 Å². The quantitative estimate of drug-likeness (QED) is 0.547. The highest BCUT2D eigenvalue weighted by Gasteiger charge is 2.20. The second-order valence-electron chi connectivity index (χ2n) is 5.40. The summed E-state index contributed by atoms with van der Waals surface area (Å²) in [5, 5.41) is 3.50. The van der Waals surface area contributed by atoms with E-state index in [-0.39, 0.29) is 0 Å². The van der Waals surface area contributed by atoms with Crippen LogP contribution in [0.4, 0.5) is 11.6 Å². The van der Waals surface area contributed by atoms with Crippen LogP contribution < -0.4 is 16.6 Å². The molecular weight excluding hydrogens is 254 g/mol. The first-order valence-corrected chi connectivity index (χ1v) is 7.35. The molecule has 1 aromatic heterocycles. The number of nitrogen functional groups attached to an aromatic ring is 1. The van der Waals surface area contributed by atoms with Crippen molar-refractivity contribution in [3.63, 3.8) is 0 Å². The Labute approximate surface area is 120 Å². The van der Waals surface area contributed by atoms with E-state index in [9.17, 15) is 0 Å². The lowest BCUT2D eigenvalue weighted by molar-refractivity contribution is 0.178. The number of hydrogen-bond donors (Lipinski definition) is 3. The molecule has 4 N–H and O–H groups in total. The molecular formula is C14H25N5O. The minimum atomic E-state index is 0.382. The van der Waals surface area contributed by atoms with Gasteiger partial charge in [-0.15, -0.1) is 0 Å². The predicted octanol–water partition coefficient (Wildman–Crippen LogP) is 2.29. The van der Waals surface area contributed by atoms with Crippen LogP contribution in [-0.2, 0) is 11.3 Å². The van der Waals surface area contributed by atoms with Crippen LogP contribution in [-0.4, -0.2) is 23.1 Å². The highest BCUT2D eigenvalue weighted by atomic mass is 16.5. The number of nitrogens with one attached hydrogen (secondary N) is 2.